The predicted octanol–water partition coefficient (Wildman–Crippen LogP) is 2.88. The van der Waals surface area contributed by atoms with Crippen molar-refractivity contribution in [3.8, 4) is 0 Å². The molecule has 1 aromatic carbocycles. The van der Waals surface area contributed by atoms with E-state index in [-0.39, 0.29) is 20.9 Å². The van der Waals surface area contributed by atoms with Gasteiger partial charge in [0.15, 0.2) is 0 Å². The Morgan fingerprint density at radius 3 is 2.48 bits per heavy atom. The quantitative estimate of drug-likeness (QED) is 0.503. The van der Waals surface area contributed by atoms with E-state index in [9.17, 15) is 13.6 Å². The molecule has 3 aromatic rings. The van der Waals surface area contributed by atoms with Crippen LogP contribution in [0.25, 0.3) is 5.78 Å². The molecule has 0 saturated carbocycles. The Kier molecular flexibility index (Phi) is 3.96. The summed E-state index contributed by atoms with van der Waals surface area (Å²) in [6.07, 6.45) is 0. The van der Waals surface area contributed by atoms with Crippen molar-refractivity contribution < 1.29 is 13.6 Å². The molecule has 6 nitrogen and oxygen atoms in total. The molecule has 0 atom stereocenters. The standard InChI is InChI=1S/C14H10F2IN5O/c1-6-3-7(2)22-14(18-6)20-12(21-22)13(23)19-8-4-9(15)11(17)10(16)5-8/h3-5H,1-2H3,(H,19,23). The highest BCUT2D eigenvalue weighted by Crippen LogP contribution is 2.20. The van der Waals surface area contributed by atoms with E-state index >= 15 is 0 Å². The van der Waals surface area contributed by atoms with Gasteiger partial charge in [-0.25, -0.2) is 18.3 Å². The number of amides is 1. The van der Waals surface area contributed by atoms with E-state index in [0.717, 1.165) is 23.5 Å². The molecule has 0 aliphatic heterocycles. The average molecular weight is 429 g/mol. The lowest BCUT2D eigenvalue weighted by Crippen LogP contribution is -2.14. The third kappa shape index (κ3) is 3.00. The molecular weight excluding hydrogens is 419 g/mol. The van der Waals surface area contributed by atoms with E-state index in [1.165, 1.54) is 4.52 Å². The normalized spacial score (nSPS) is 11.0. The fourth-order valence-electron chi connectivity index (χ4n) is 2.08. The summed E-state index contributed by atoms with van der Waals surface area (Å²) in [6.45, 7) is 3.61. The van der Waals surface area contributed by atoms with Crippen LogP contribution < -0.4 is 5.32 Å². The van der Waals surface area contributed by atoms with Crippen molar-refractivity contribution >= 4 is 40.0 Å². The van der Waals surface area contributed by atoms with Gasteiger partial charge in [-0.15, -0.1) is 5.10 Å². The number of aromatic nitrogens is 4. The Bertz CT molecular complexity index is 917. The van der Waals surface area contributed by atoms with Crippen molar-refractivity contribution in [1.82, 2.24) is 19.6 Å². The number of anilines is 1. The van der Waals surface area contributed by atoms with Gasteiger partial charge in [-0.05, 0) is 54.6 Å². The van der Waals surface area contributed by atoms with Crippen molar-refractivity contribution in [2.45, 2.75) is 13.8 Å². The van der Waals surface area contributed by atoms with Crippen molar-refractivity contribution in [3.63, 3.8) is 0 Å². The summed E-state index contributed by atoms with van der Waals surface area (Å²) in [5.74, 6) is -2.03. The van der Waals surface area contributed by atoms with E-state index in [1.807, 2.05) is 6.92 Å². The summed E-state index contributed by atoms with van der Waals surface area (Å²) in [7, 11) is 0. The van der Waals surface area contributed by atoms with Gasteiger partial charge in [0.2, 0.25) is 5.82 Å². The number of carbonyl (C=O) groups is 1. The first-order valence-corrected chi connectivity index (χ1v) is 7.60. The fourth-order valence-corrected chi connectivity index (χ4v) is 2.39. The number of rotatable bonds is 2. The van der Waals surface area contributed by atoms with Gasteiger partial charge >= 0.3 is 0 Å². The number of aryl methyl sites for hydroxylation is 2. The van der Waals surface area contributed by atoms with Crippen LogP contribution in [0, 0.1) is 29.1 Å². The van der Waals surface area contributed by atoms with E-state index in [2.05, 4.69) is 20.4 Å². The van der Waals surface area contributed by atoms with Crippen LogP contribution in [0.2, 0.25) is 0 Å². The fraction of sp³-hybridized carbons (Fsp3) is 0.143. The predicted molar refractivity (Wildman–Crippen MR) is 87.3 cm³/mol. The van der Waals surface area contributed by atoms with Crippen molar-refractivity contribution in [2.75, 3.05) is 5.32 Å². The SMILES string of the molecule is Cc1cc(C)n2nc(C(=O)Nc3cc(F)c(I)c(F)c3)nc2n1. The Morgan fingerprint density at radius 2 is 1.83 bits per heavy atom. The molecule has 0 aliphatic rings. The first-order valence-electron chi connectivity index (χ1n) is 6.52. The lowest BCUT2D eigenvalue weighted by molar-refractivity contribution is 0.101. The average Bonchev–Trinajstić information content (AvgIpc) is 2.89. The zero-order valence-corrected chi connectivity index (χ0v) is 14.2. The second-order valence-corrected chi connectivity index (χ2v) is 5.97. The van der Waals surface area contributed by atoms with E-state index in [1.54, 1.807) is 35.6 Å². The first kappa shape index (κ1) is 15.7. The lowest BCUT2D eigenvalue weighted by Gasteiger charge is -2.04. The molecule has 0 spiro atoms. The second-order valence-electron chi connectivity index (χ2n) is 4.89. The van der Waals surface area contributed by atoms with Crippen LogP contribution in [0.4, 0.5) is 14.5 Å². The van der Waals surface area contributed by atoms with Crippen LogP contribution >= 0.6 is 22.6 Å². The molecule has 0 fully saturated rings. The van der Waals surface area contributed by atoms with Gasteiger partial charge in [0.05, 0.1) is 3.57 Å². The molecule has 2 heterocycles. The Hall–Kier alpha value is -2.17. The molecule has 3 rings (SSSR count). The molecule has 9 heteroatoms. The molecule has 1 N–H and O–H groups in total. The Balaban J connectivity index is 1.93. The molecule has 0 unspecified atom stereocenters. The monoisotopic (exact) mass is 429 g/mol. The molecule has 23 heavy (non-hydrogen) atoms. The molecule has 0 bridgehead atoms. The van der Waals surface area contributed by atoms with E-state index in [0.29, 0.717) is 0 Å². The summed E-state index contributed by atoms with van der Waals surface area (Å²) in [5, 5.41) is 6.43. The zero-order chi connectivity index (χ0) is 16.7. The third-order valence-electron chi connectivity index (χ3n) is 3.06. The summed E-state index contributed by atoms with van der Waals surface area (Å²) >= 11 is 1.55. The van der Waals surface area contributed by atoms with Crippen LogP contribution in [0.3, 0.4) is 0 Å². The molecule has 0 radical (unpaired) electrons. The number of nitrogens with zero attached hydrogens (tertiary/aromatic N) is 4. The number of nitrogens with one attached hydrogen (secondary N) is 1. The number of hydrogen-bond donors (Lipinski definition) is 1. The van der Waals surface area contributed by atoms with Gasteiger partial charge in [0, 0.05) is 17.1 Å². The highest BCUT2D eigenvalue weighted by molar-refractivity contribution is 14.1. The highest BCUT2D eigenvalue weighted by atomic mass is 127. The molecule has 118 valence electrons. The number of fused-ring (bicyclic) bond motifs is 1. The molecular formula is C14H10F2IN5O. The van der Waals surface area contributed by atoms with Gasteiger partial charge in [-0.1, -0.05) is 0 Å². The topological polar surface area (TPSA) is 72.2 Å². The minimum Gasteiger partial charge on any atom is -0.319 e. The maximum atomic E-state index is 13.5. The van der Waals surface area contributed by atoms with Gasteiger partial charge in [-0.2, -0.15) is 4.98 Å². The number of benzene rings is 1. The van der Waals surface area contributed by atoms with E-state index in [4.69, 9.17) is 0 Å². The smallest absolute Gasteiger partial charge is 0.295 e. The van der Waals surface area contributed by atoms with Crippen LogP contribution in [-0.4, -0.2) is 25.5 Å². The number of carbonyl (C=O) groups excluding carboxylic acids is 1. The maximum Gasteiger partial charge on any atom is 0.295 e. The molecule has 2 aromatic heterocycles. The molecule has 0 aliphatic carbocycles. The Labute approximate surface area is 143 Å². The summed E-state index contributed by atoms with van der Waals surface area (Å²) in [6, 6.07) is 3.87. The first-order chi connectivity index (χ1) is 10.8. The van der Waals surface area contributed by atoms with Crippen LogP contribution in [0.5, 0.6) is 0 Å². The largest absolute Gasteiger partial charge is 0.319 e. The Morgan fingerprint density at radius 1 is 1.17 bits per heavy atom. The van der Waals surface area contributed by atoms with Gasteiger partial charge in [0.1, 0.15) is 11.6 Å². The van der Waals surface area contributed by atoms with Gasteiger partial charge in [0.25, 0.3) is 11.7 Å². The van der Waals surface area contributed by atoms with Gasteiger partial charge in [-0.3, -0.25) is 4.79 Å². The maximum absolute atomic E-state index is 13.5. The van der Waals surface area contributed by atoms with Crippen molar-refractivity contribution in [3.05, 3.63) is 50.6 Å². The van der Waals surface area contributed by atoms with Crippen LogP contribution in [-0.2, 0) is 0 Å². The van der Waals surface area contributed by atoms with Crippen LogP contribution in [0.1, 0.15) is 22.0 Å². The van der Waals surface area contributed by atoms with Gasteiger partial charge < -0.3 is 5.32 Å². The zero-order valence-electron chi connectivity index (χ0n) is 12.1. The summed E-state index contributed by atoms with van der Waals surface area (Å²) in [4.78, 5) is 20.4. The minimum absolute atomic E-state index is 0.00914. The number of halogens is 3. The van der Waals surface area contributed by atoms with Crippen molar-refractivity contribution in [2.24, 2.45) is 0 Å². The summed E-state index contributed by atoms with van der Waals surface area (Å²) < 4.78 is 28.3. The highest BCUT2D eigenvalue weighted by Gasteiger charge is 2.17. The molecule has 0 saturated heterocycles. The minimum atomic E-state index is -0.753. The van der Waals surface area contributed by atoms with Crippen LogP contribution in [0.15, 0.2) is 18.2 Å². The third-order valence-corrected chi connectivity index (χ3v) is 4.09. The summed E-state index contributed by atoms with van der Waals surface area (Å²) in [5.41, 5.74) is 1.51. The lowest BCUT2D eigenvalue weighted by atomic mass is 10.3. The second kappa shape index (κ2) is 5.80. The molecule has 1 amide bonds. The van der Waals surface area contributed by atoms with Crippen molar-refractivity contribution in [1.29, 1.82) is 0 Å². The van der Waals surface area contributed by atoms with E-state index < -0.39 is 17.5 Å². The number of hydrogen-bond acceptors (Lipinski definition) is 4.